The molecule has 2 N–H and O–H groups in total. The summed E-state index contributed by atoms with van der Waals surface area (Å²) < 4.78 is 0.700. The fourth-order valence-electron chi connectivity index (χ4n) is 1.63. The standard InChI is InChI=1S/C14H11BrClNO/c1-8-6-11(12(15)7-13(8)17)14(18)9-2-4-10(16)5-3-9/h2-7H,17H2,1H3. The lowest BCUT2D eigenvalue weighted by Crippen LogP contribution is -2.04. The number of hydrogen-bond donors (Lipinski definition) is 1. The van der Waals surface area contributed by atoms with Crippen LogP contribution in [-0.2, 0) is 0 Å². The number of halogens is 2. The number of rotatable bonds is 2. The van der Waals surface area contributed by atoms with Crippen molar-refractivity contribution in [3.8, 4) is 0 Å². The molecule has 0 aliphatic heterocycles. The number of aryl methyl sites for hydroxylation is 1. The molecule has 2 aromatic carbocycles. The Hall–Kier alpha value is -1.32. The first kappa shape index (κ1) is 13.1. The highest BCUT2D eigenvalue weighted by Gasteiger charge is 2.14. The quantitative estimate of drug-likeness (QED) is 0.664. The zero-order chi connectivity index (χ0) is 13.3. The Morgan fingerprint density at radius 3 is 2.44 bits per heavy atom. The number of benzene rings is 2. The predicted molar refractivity (Wildman–Crippen MR) is 78.2 cm³/mol. The molecule has 0 radical (unpaired) electrons. The fraction of sp³-hybridized carbons (Fsp3) is 0.0714. The number of nitrogens with two attached hydrogens (primary N) is 1. The van der Waals surface area contributed by atoms with Gasteiger partial charge in [0.15, 0.2) is 5.78 Å². The number of hydrogen-bond acceptors (Lipinski definition) is 2. The number of carbonyl (C=O) groups excluding carboxylic acids is 1. The SMILES string of the molecule is Cc1cc(C(=O)c2ccc(Cl)cc2)c(Br)cc1N. The van der Waals surface area contributed by atoms with Crippen LogP contribution in [0.4, 0.5) is 5.69 Å². The molecule has 2 nitrogen and oxygen atoms in total. The summed E-state index contributed by atoms with van der Waals surface area (Å²) >= 11 is 9.17. The van der Waals surface area contributed by atoms with Gasteiger partial charge in [0, 0.05) is 26.3 Å². The first-order valence-corrected chi connectivity index (χ1v) is 6.52. The molecule has 92 valence electrons. The number of anilines is 1. The van der Waals surface area contributed by atoms with Crippen LogP contribution in [0, 0.1) is 6.92 Å². The van der Waals surface area contributed by atoms with Gasteiger partial charge in [0.1, 0.15) is 0 Å². The number of ketones is 1. The molecule has 0 unspecified atom stereocenters. The summed E-state index contributed by atoms with van der Waals surface area (Å²) in [6, 6.07) is 10.4. The van der Waals surface area contributed by atoms with E-state index in [2.05, 4.69) is 15.9 Å². The van der Waals surface area contributed by atoms with Crippen molar-refractivity contribution >= 4 is 39.0 Å². The summed E-state index contributed by atoms with van der Waals surface area (Å²) in [5.41, 5.74) is 8.54. The number of carbonyl (C=O) groups is 1. The van der Waals surface area contributed by atoms with Gasteiger partial charge < -0.3 is 5.73 Å². The third kappa shape index (κ3) is 2.57. The third-order valence-corrected chi connectivity index (χ3v) is 3.61. The molecule has 2 aromatic rings. The minimum atomic E-state index is -0.0540. The smallest absolute Gasteiger partial charge is 0.194 e. The van der Waals surface area contributed by atoms with Gasteiger partial charge in [-0.05, 0) is 64.8 Å². The van der Waals surface area contributed by atoms with Crippen LogP contribution in [0.25, 0.3) is 0 Å². The average molecular weight is 325 g/mol. The summed E-state index contributed by atoms with van der Waals surface area (Å²) in [6.45, 7) is 1.88. The van der Waals surface area contributed by atoms with Gasteiger partial charge in [0.2, 0.25) is 0 Å². The fourth-order valence-corrected chi connectivity index (χ4v) is 2.29. The molecule has 0 aliphatic rings. The van der Waals surface area contributed by atoms with Crippen LogP contribution in [0.15, 0.2) is 40.9 Å². The van der Waals surface area contributed by atoms with E-state index in [1.54, 1.807) is 36.4 Å². The highest BCUT2D eigenvalue weighted by atomic mass is 79.9. The zero-order valence-corrected chi connectivity index (χ0v) is 12.0. The Bertz CT molecular complexity index is 608. The molecule has 2 rings (SSSR count). The molecule has 18 heavy (non-hydrogen) atoms. The van der Waals surface area contributed by atoms with Gasteiger partial charge in [-0.25, -0.2) is 0 Å². The van der Waals surface area contributed by atoms with Crippen molar-refractivity contribution in [3.63, 3.8) is 0 Å². The Morgan fingerprint density at radius 2 is 1.83 bits per heavy atom. The highest BCUT2D eigenvalue weighted by Crippen LogP contribution is 2.26. The van der Waals surface area contributed by atoms with E-state index in [-0.39, 0.29) is 5.78 Å². The minimum absolute atomic E-state index is 0.0540. The van der Waals surface area contributed by atoms with Gasteiger partial charge in [-0.1, -0.05) is 11.6 Å². The second-order valence-corrected chi connectivity index (χ2v) is 5.32. The van der Waals surface area contributed by atoms with E-state index < -0.39 is 0 Å². The Kier molecular flexibility index (Phi) is 3.73. The van der Waals surface area contributed by atoms with Crippen LogP contribution in [0.1, 0.15) is 21.5 Å². The van der Waals surface area contributed by atoms with Gasteiger partial charge >= 0.3 is 0 Å². The maximum atomic E-state index is 12.3. The summed E-state index contributed by atoms with van der Waals surface area (Å²) in [7, 11) is 0. The summed E-state index contributed by atoms with van der Waals surface area (Å²) in [5, 5.41) is 0.610. The van der Waals surface area contributed by atoms with E-state index in [1.165, 1.54) is 0 Å². The second-order valence-electron chi connectivity index (χ2n) is 4.02. The molecule has 0 bridgehead atoms. The third-order valence-electron chi connectivity index (χ3n) is 2.71. The first-order valence-electron chi connectivity index (χ1n) is 5.35. The average Bonchev–Trinajstić information content (AvgIpc) is 2.34. The van der Waals surface area contributed by atoms with Gasteiger partial charge in [-0.15, -0.1) is 0 Å². The summed E-state index contributed by atoms with van der Waals surface area (Å²) in [4.78, 5) is 12.3. The van der Waals surface area contributed by atoms with Crippen molar-refractivity contribution in [1.29, 1.82) is 0 Å². The molecule has 0 aliphatic carbocycles. The molecule has 0 saturated carbocycles. The Labute approximate surface area is 119 Å². The van der Waals surface area contributed by atoms with Crippen molar-refractivity contribution in [2.75, 3.05) is 5.73 Å². The van der Waals surface area contributed by atoms with E-state index in [9.17, 15) is 4.79 Å². The van der Waals surface area contributed by atoms with Crippen LogP contribution >= 0.6 is 27.5 Å². The largest absolute Gasteiger partial charge is 0.398 e. The summed E-state index contributed by atoms with van der Waals surface area (Å²) in [6.07, 6.45) is 0. The van der Waals surface area contributed by atoms with Crippen molar-refractivity contribution in [2.45, 2.75) is 6.92 Å². The molecule has 0 spiro atoms. The van der Waals surface area contributed by atoms with Crippen LogP contribution < -0.4 is 5.73 Å². The zero-order valence-electron chi connectivity index (χ0n) is 9.71. The maximum absolute atomic E-state index is 12.3. The van der Waals surface area contributed by atoms with Crippen LogP contribution in [0.3, 0.4) is 0 Å². The van der Waals surface area contributed by atoms with Gasteiger partial charge in [0.05, 0.1) is 0 Å². The van der Waals surface area contributed by atoms with Crippen molar-refractivity contribution in [2.24, 2.45) is 0 Å². The normalized spacial score (nSPS) is 10.4. The van der Waals surface area contributed by atoms with Crippen LogP contribution in [-0.4, -0.2) is 5.78 Å². The molecule has 0 amide bonds. The van der Waals surface area contributed by atoms with E-state index in [4.69, 9.17) is 17.3 Å². The topological polar surface area (TPSA) is 43.1 Å². The van der Waals surface area contributed by atoms with E-state index in [1.807, 2.05) is 6.92 Å². The molecular weight excluding hydrogens is 314 g/mol. The lowest BCUT2D eigenvalue weighted by molar-refractivity contribution is 0.103. The second kappa shape index (κ2) is 5.12. The summed E-state index contributed by atoms with van der Waals surface area (Å²) in [5.74, 6) is -0.0540. The van der Waals surface area contributed by atoms with Gasteiger partial charge in [0.25, 0.3) is 0 Å². The molecule has 0 fully saturated rings. The molecule has 4 heteroatoms. The molecule has 0 atom stereocenters. The van der Waals surface area contributed by atoms with E-state index >= 15 is 0 Å². The minimum Gasteiger partial charge on any atom is -0.398 e. The molecular formula is C14H11BrClNO. The lowest BCUT2D eigenvalue weighted by atomic mass is 10.0. The molecule has 0 saturated heterocycles. The Balaban J connectivity index is 2.46. The monoisotopic (exact) mass is 323 g/mol. The van der Waals surface area contributed by atoms with Crippen molar-refractivity contribution in [3.05, 3.63) is 62.6 Å². The van der Waals surface area contributed by atoms with Crippen molar-refractivity contribution in [1.82, 2.24) is 0 Å². The molecule has 0 aromatic heterocycles. The predicted octanol–water partition coefficient (Wildman–Crippen LogP) is 4.22. The Morgan fingerprint density at radius 1 is 1.22 bits per heavy atom. The van der Waals surface area contributed by atoms with Crippen molar-refractivity contribution < 1.29 is 4.79 Å². The maximum Gasteiger partial charge on any atom is 0.194 e. The van der Waals surface area contributed by atoms with Crippen LogP contribution in [0.5, 0.6) is 0 Å². The van der Waals surface area contributed by atoms with Gasteiger partial charge in [-0.3, -0.25) is 4.79 Å². The molecule has 0 heterocycles. The lowest BCUT2D eigenvalue weighted by Gasteiger charge is -2.08. The van der Waals surface area contributed by atoms with E-state index in [0.29, 0.717) is 26.3 Å². The first-order chi connectivity index (χ1) is 8.49. The number of nitrogen functional groups attached to an aromatic ring is 1. The van der Waals surface area contributed by atoms with Crippen LogP contribution in [0.2, 0.25) is 5.02 Å². The highest BCUT2D eigenvalue weighted by molar-refractivity contribution is 9.10. The van der Waals surface area contributed by atoms with E-state index in [0.717, 1.165) is 5.56 Å². The van der Waals surface area contributed by atoms with Gasteiger partial charge in [-0.2, -0.15) is 0 Å².